The molecule has 0 spiro atoms. The first-order valence-corrected chi connectivity index (χ1v) is 3.49. The Labute approximate surface area is 78.3 Å². The van der Waals surface area contributed by atoms with E-state index in [-0.39, 0.29) is 0 Å². The molecule has 0 heterocycles. The Hall–Kier alpha value is -1.67. The van der Waals surface area contributed by atoms with Crippen LogP contribution in [0.3, 0.4) is 0 Å². The van der Waals surface area contributed by atoms with Crippen LogP contribution in [0, 0.1) is 0 Å². The van der Waals surface area contributed by atoms with Gasteiger partial charge in [0.2, 0.25) is 0 Å². The zero-order chi connectivity index (χ0) is 11.4. The molecule has 8 heteroatoms. The Morgan fingerprint density at radius 2 is 1.64 bits per heavy atom. The van der Waals surface area contributed by atoms with Crippen LogP contribution in [0.25, 0.3) is 0 Å². The summed E-state index contributed by atoms with van der Waals surface area (Å²) < 4.78 is 0. The van der Waals surface area contributed by atoms with Crippen molar-refractivity contribution in [2.75, 3.05) is 6.54 Å². The molecule has 0 amide bonds. The van der Waals surface area contributed by atoms with Crippen molar-refractivity contribution in [3.05, 3.63) is 0 Å². The number of carboxylic acids is 3. The Kier molecular flexibility index (Phi) is 3.99. The molecule has 1 unspecified atom stereocenters. The van der Waals surface area contributed by atoms with Gasteiger partial charge in [0, 0.05) is 0 Å². The van der Waals surface area contributed by atoms with Crippen molar-refractivity contribution < 1.29 is 29.7 Å². The molecule has 1 atom stereocenters. The normalized spacial score (nSPS) is 14.4. The number of rotatable bonds is 6. The van der Waals surface area contributed by atoms with Gasteiger partial charge in [0.15, 0.2) is 5.66 Å². The maximum Gasteiger partial charge on any atom is 0.339 e. The molecule has 80 valence electrons. The minimum atomic E-state index is -2.26. The van der Waals surface area contributed by atoms with Gasteiger partial charge in [0.05, 0.1) is 13.0 Å². The molecule has 0 aliphatic heterocycles. The van der Waals surface area contributed by atoms with E-state index in [2.05, 4.69) is 0 Å². The third-order valence-corrected chi connectivity index (χ3v) is 1.37. The third-order valence-electron chi connectivity index (χ3n) is 1.37. The lowest BCUT2D eigenvalue weighted by Gasteiger charge is -2.22. The number of hydrogen-bond donors (Lipinski definition) is 5. The van der Waals surface area contributed by atoms with Gasteiger partial charge in [-0.25, -0.2) is 4.79 Å². The van der Waals surface area contributed by atoms with Gasteiger partial charge in [-0.3, -0.25) is 14.9 Å². The largest absolute Gasteiger partial charge is 0.481 e. The molecule has 8 nitrogen and oxygen atoms in total. The summed E-state index contributed by atoms with van der Waals surface area (Å²) in [5.74, 6) is -4.39. The van der Waals surface area contributed by atoms with Gasteiger partial charge >= 0.3 is 17.9 Å². The van der Waals surface area contributed by atoms with Gasteiger partial charge in [-0.15, -0.1) is 0 Å². The minimum absolute atomic E-state index is 0.726. The van der Waals surface area contributed by atoms with Crippen LogP contribution in [0.15, 0.2) is 0 Å². The van der Waals surface area contributed by atoms with Crippen molar-refractivity contribution in [2.45, 2.75) is 12.1 Å². The van der Waals surface area contributed by atoms with Crippen LogP contribution in [-0.4, -0.2) is 45.4 Å². The Morgan fingerprint density at radius 3 is 1.93 bits per heavy atom. The number of carbonyl (C=O) groups is 3. The lowest BCUT2D eigenvalue weighted by molar-refractivity contribution is -0.152. The first-order valence-electron chi connectivity index (χ1n) is 3.49. The fourth-order valence-electron chi connectivity index (χ4n) is 0.686. The molecular weight excluding hydrogens is 196 g/mol. The molecule has 6 N–H and O–H groups in total. The van der Waals surface area contributed by atoms with Crippen LogP contribution in [0.5, 0.6) is 0 Å². The molecule has 0 radical (unpaired) electrons. The second-order valence-corrected chi connectivity index (χ2v) is 2.59. The highest BCUT2D eigenvalue weighted by atomic mass is 16.4. The maximum atomic E-state index is 10.5. The van der Waals surface area contributed by atoms with Gasteiger partial charge in [-0.05, 0) is 0 Å². The first-order chi connectivity index (χ1) is 6.28. The SMILES string of the molecule is NC(CC(=O)O)(NCC(=O)O)C(=O)O. The average Bonchev–Trinajstić information content (AvgIpc) is 1.99. The molecule has 14 heavy (non-hydrogen) atoms. The standard InChI is InChI=1S/C6H10N2O6/c7-6(5(13)14,1-3(9)10)8-2-4(11)12/h8H,1-2,7H2,(H,9,10)(H,11,12)(H,13,14). The van der Waals surface area contributed by atoms with Crippen LogP contribution in [0.2, 0.25) is 0 Å². The van der Waals surface area contributed by atoms with Crippen LogP contribution in [0.1, 0.15) is 6.42 Å². The molecule has 0 aliphatic carbocycles. The molecule has 0 rings (SSSR count). The highest BCUT2D eigenvalue weighted by Gasteiger charge is 2.36. The summed E-state index contributed by atoms with van der Waals surface area (Å²) in [5, 5.41) is 27.0. The van der Waals surface area contributed by atoms with Gasteiger partial charge < -0.3 is 21.1 Å². The van der Waals surface area contributed by atoms with E-state index in [0.29, 0.717) is 0 Å². The molecule has 0 bridgehead atoms. The van der Waals surface area contributed by atoms with Crippen molar-refractivity contribution in [1.82, 2.24) is 5.32 Å². The molecule has 0 saturated carbocycles. The monoisotopic (exact) mass is 206 g/mol. The Morgan fingerprint density at radius 1 is 1.14 bits per heavy atom. The molecule has 0 aromatic heterocycles. The van der Waals surface area contributed by atoms with Crippen molar-refractivity contribution in [1.29, 1.82) is 0 Å². The summed E-state index contributed by atoms with van der Waals surface area (Å²) >= 11 is 0. The summed E-state index contributed by atoms with van der Waals surface area (Å²) in [6, 6.07) is 0. The summed E-state index contributed by atoms with van der Waals surface area (Å²) in [4.78, 5) is 30.9. The Balaban J connectivity index is 4.47. The van der Waals surface area contributed by atoms with Crippen molar-refractivity contribution in [3.63, 3.8) is 0 Å². The average molecular weight is 206 g/mol. The van der Waals surface area contributed by atoms with E-state index >= 15 is 0 Å². The lowest BCUT2D eigenvalue weighted by atomic mass is 10.1. The summed E-state index contributed by atoms with van der Waals surface area (Å²) in [7, 11) is 0. The second-order valence-electron chi connectivity index (χ2n) is 2.59. The van der Waals surface area contributed by atoms with Crippen LogP contribution >= 0.6 is 0 Å². The number of hydrogen-bond acceptors (Lipinski definition) is 5. The van der Waals surface area contributed by atoms with Crippen molar-refractivity contribution >= 4 is 17.9 Å². The fourth-order valence-corrected chi connectivity index (χ4v) is 0.686. The summed E-state index contributed by atoms with van der Waals surface area (Å²) in [6.07, 6.45) is -0.907. The van der Waals surface area contributed by atoms with Gasteiger partial charge in [-0.1, -0.05) is 0 Å². The van der Waals surface area contributed by atoms with E-state index in [9.17, 15) is 14.4 Å². The second kappa shape index (κ2) is 4.53. The van der Waals surface area contributed by atoms with E-state index < -0.39 is 36.5 Å². The quantitative estimate of drug-likeness (QED) is 0.309. The predicted octanol–water partition coefficient (Wildman–Crippen LogP) is -2.13. The first kappa shape index (κ1) is 12.3. The zero-order valence-corrected chi connectivity index (χ0v) is 7.06. The molecule has 0 aromatic rings. The topological polar surface area (TPSA) is 150 Å². The van der Waals surface area contributed by atoms with E-state index in [1.165, 1.54) is 0 Å². The highest BCUT2D eigenvalue weighted by Crippen LogP contribution is 2.02. The molecule has 0 aliphatic rings. The third kappa shape index (κ3) is 3.83. The zero-order valence-electron chi connectivity index (χ0n) is 7.06. The van der Waals surface area contributed by atoms with E-state index in [0.717, 1.165) is 0 Å². The highest BCUT2D eigenvalue weighted by molar-refractivity contribution is 5.85. The van der Waals surface area contributed by atoms with Gasteiger partial charge in [0.25, 0.3) is 0 Å². The number of nitrogens with one attached hydrogen (secondary N) is 1. The van der Waals surface area contributed by atoms with E-state index in [1.807, 2.05) is 5.32 Å². The smallest absolute Gasteiger partial charge is 0.339 e. The fraction of sp³-hybridized carbons (Fsp3) is 0.500. The lowest BCUT2D eigenvalue weighted by Crippen LogP contribution is -2.61. The molecular formula is C6H10N2O6. The van der Waals surface area contributed by atoms with Gasteiger partial charge in [-0.2, -0.15) is 0 Å². The minimum Gasteiger partial charge on any atom is -0.481 e. The van der Waals surface area contributed by atoms with Crippen LogP contribution in [0.4, 0.5) is 0 Å². The summed E-state index contributed by atoms with van der Waals surface area (Å²) in [6.45, 7) is -0.726. The number of nitrogens with two attached hydrogens (primary N) is 1. The van der Waals surface area contributed by atoms with Crippen molar-refractivity contribution in [2.24, 2.45) is 5.73 Å². The van der Waals surface area contributed by atoms with Crippen LogP contribution < -0.4 is 11.1 Å². The Bertz CT molecular complexity index is 265. The molecule has 0 aromatic carbocycles. The maximum absolute atomic E-state index is 10.5. The van der Waals surface area contributed by atoms with Crippen molar-refractivity contribution in [3.8, 4) is 0 Å². The number of aliphatic carboxylic acids is 3. The van der Waals surface area contributed by atoms with E-state index in [1.54, 1.807) is 0 Å². The molecule has 0 fully saturated rings. The van der Waals surface area contributed by atoms with Crippen LogP contribution in [-0.2, 0) is 14.4 Å². The van der Waals surface area contributed by atoms with Gasteiger partial charge in [0.1, 0.15) is 0 Å². The summed E-state index contributed by atoms with van der Waals surface area (Å²) in [5.41, 5.74) is 2.88. The molecule has 0 saturated heterocycles. The predicted molar refractivity (Wildman–Crippen MR) is 42.4 cm³/mol. The van der Waals surface area contributed by atoms with E-state index in [4.69, 9.17) is 21.1 Å². The number of carboxylic acid groups (broad SMARTS) is 3.